The first kappa shape index (κ1) is 18.5. The number of carbonyl (C=O) groups excluding carboxylic acids is 1. The highest BCUT2D eigenvalue weighted by atomic mass is 16.5. The maximum absolute atomic E-state index is 13.0. The summed E-state index contributed by atoms with van der Waals surface area (Å²) in [5.74, 6) is 0.935. The highest BCUT2D eigenvalue weighted by molar-refractivity contribution is 5.88. The number of rotatable bonds is 6. The lowest BCUT2D eigenvalue weighted by atomic mass is 9.73. The number of nitrogens with one attached hydrogen (secondary N) is 1. The predicted octanol–water partition coefficient (Wildman–Crippen LogP) is 3.55. The van der Waals surface area contributed by atoms with E-state index in [0.29, 0.717) is 39.2 Å². The van der Waals surface area contributed by atoms with Crippen LogP contribution in [0, 0.1) is 13.8 Å². The quantitative estimate of drug-likeness (QED) is 0.808. The third-order valence-corrected chi connectivity index (χ3v) is 5.08. The van der Waals surface area contributed by atoms with E-state index in [4.69, 9.17) is 9.47 Å². The molecule has 0 aromatic heterocycles. The summed E-state index contributed by atoms with van der Waals surface area (Å²) in [5.41, 5.74) is 2.89. The lowest BCUT2D eigenvalue weighted by Crippen LogP contribution is -2.48. The zero-order valence-electron chi connectivity index (χ0n) is 15.6. The molecule has 0 aliphatic carbocycles. The minimum Gasteiger partial charge on any atom is -0.491 e. The van der Waals surface area contributed by atoms with Crippen molar-refractivity contribution >= 4 is 5.91 Å². The summed E-state index contributed by atoms with van der Waals surface area (Å²) in [7, 11) is 0. The van der Waals surface area contributed by atoms with Crippen LogP contribution in [0.25, 0.3) is 0 Å². The summed E-state index contributed by atoms with van der Waals surface area (Å²) in [4.78, 5) is 13.0. The van der Waals surface area contributed by atoms with Gasteiger partial charge in [0, 0.05) is 13.2 Å². The predicted molar refractivity (Wildman–Crippen MR) is 103 cm³/mol. The van der Waals surface area contributed by atoms with Gasteiger partial charge < -0.3 is 14.8 Å². The molecule has 0 saturated carbocycles. The van der Waals surface area contributed by atoms with Crippen LogP contribution in [0.4, 0.5) is 0 Å². The van der Waals surface area contributed by atoms with E-state index in [9.17, 15) is 4.79 Å². The van der Waals surface area contributed by atoms with E-state index in [1.165, 1.54) is 5.56 Å². The molecule has 0 radical (unpaired) electrons. The fourth-order valence-electron chi connectivity index (χ4n) is 3.58. The molecule has 138 valence electrons. The maximum atomic E-state index is 13.0. The van der Waals surface area contributed by atoms with Crippen molar-refractivity contribution in [3.05, 3.63) is 65.2 Å². The molecule has 26 heavy (non-hydrogen) atoms. The van der Waals surface area contributed by atoms with Crippen LogP contribution in [0.2, 0.25) is 0 Å². The van der Waals surface area contributed by atoms with Crippen LogP contribution in [0.3, 0.4) is 0 Å². The molecule has 0 atom stereocenters. The summed E-state index contributed by atoms with van der Waals surface area (Å²) in [6.45, 7) is 6.27. The van der Waals surface area contributed by atoms with Crippen LogP contribution in [0.15, 0.2) is 48.5 Å². The molecule has 2 aromatic carbocycles. The average Bonchev–Trinajstić information content (AvgIpc) is 2.67. The highest BCUT2D eigenvalue weighted by Gasteiger charge is 2.41. The average molecular weight is 353 g/mol. The van der Waals surface area contributed by atoms with Gasteiger partial charge in [-0.15, -0.1) is 0 Å². The van der Waals surface area contributed by atoms with Gasteiger partial charge in [0.2, 0.25) is 5.91 Å². The molecule has 0 bridgehead atoms. The van der Waals surface area contributed by atoms with Gasteiger partial charge in [0.05, 0.1) is 12.0 Å². The molecule has 1 saturated heterocycles. The molecule has 0 unspecified atom stereocenters. The van der Waals surface area contributed by atoms with Crippen molar-refractivity contribution in [2.75, 3.05) is 26.4 Å². The summed E-state index contributed by atoms with van der Waals surface area (Å²) < 4.78 is 11.3. The Labute approximate surface area is 155 Å². The van der Waals surface area contributed by atoms with E-state index >= 15 is 0 Å². The fraction of sp³-hybridized carbons (Fsp3) is 0.409. The first-order chi connectivity index (χ1) is 12.6. The van der Waals surface area contributed by atoms with Crippen molar-refractivity contribution in [1.82, 2.24) is 5.32 Å². The van der Waals surface area contributed by atoms with E-state index in [0.717, 1.165) is 16.9 Å². The number of hydrogen-bond acceptors (Lipinski definition) is 3. The van der Waals surface area contributed by atoms with Crippen molar-refractivity contribution in [3.63, 3.8) is 0 Å². The van der Waals surface area contributed by atoms with E-state index in [2.05, 4.69) is 18.3 Å². The first-order valence-corrected chi connectivity index (χ1v) is 9.23. The minimum atomic E-state index is -0.501. The normalized spacial score (nSPS) is 16.1. The molecule has 2 aromatic rings. The second-order valence-corrected chi connectivity index (χ2v) is 6.93. The first-order valence-electron chi connectivity index (χ1n) is 9.23. The van der Waals surface area contributed by atoms with Gasteiger partial charge in [0.15, 0.2) is 0 Å². The lowest BCUT2D eigenvalue weighted by molar-refractivity contribution is -0.130. The topological polar surface area (TPSA) is 47.6 Å². The Hall–Kier alpha value is -2.33. The zero-order valence-corrected chi connectivity index (χ0v) is 15.6. The van der Waals surface area contributed by atoms with Crippen LogP contribution in [-0.2, 0) is 14.9 Å². The Morgan fingerprint density at radius 1 is 1.12 bits per heavy atom. The van der Waals surface area contributed by atoms with Gasteiger partial charge in [-0.25, -0.2) is 0 Å². The molecule has 4 heteroatoms. The number of carbonyl (C=O) groups is 1. The summed E-state index contributed by atoms with van der Waals surface area (Å²) in [6, 6.07) is 16.1. The van der Waals surface area contributed by atoms with Crippen molar-refractivity contribution in [2.24, 2.45) is 0 Å². The van der Waals surface area contributed by atoms with Crippen LogP contribution < -0.4 is 10.1 Å². The number of aryl methyl sites for hydroxylation is 2. The smallest absolute Gasteiger partial charge is 0.230 e. The Morgan fingerprint density at radius 2 is 1.85 bits per heavy atom. The fourth-order valence-corrected chi connectivity index (χ4v) is 3.58. The molecule has 1 aliphatic rings. The molecule has 1 amide bonds. The van der Waals surface area contributed by atoms with Gasteiger partial charge in [0.25, 0.3) is 0 Å². The van der Waals surface area contributed by atoms with Gasteiger partial charge in [-0.05, 0) is 43.9 Å². The molecular weight excluding hydrogens is 326 g/mol. The summed E-state index contributed by atoms with van der Waals surface area (Å²) >= 11 is 0. The largest absolute Gasteiger partial charge is 0.491 e. The van der Waals surface area contributed by atoms with E-state index < -0.39 is 5.41 Å². The van der Waals surface area contributed by atoms with Crippen LogP contribution in [0.5, 0.6) is 5.75 Å². The van der Waals surface area contributed by atoms with Crippen LogP contribution in [0.1, 0.15) is 29.5 Å². The van der Waals surface area contributed by atoms with Crippen molar-refractivity contribution in [3.8, 4) is 5.75 Å². The highest BCUT2D eigenvalue weighted by Crippen LogP contribution is 2.35. The second-order valence-electron chi connectivity index (χ2n) is 6.93. The van der Waals surface area contributed by atoms with Gasteiger partial charge in [-0.2, -0.15) is 0 Å². The summed E-state index contributed by atoms with van der Waals surface area (Å²) in [6.07, 6.45) is 1.42. The monoisotopic (exact) mass is 353 g/mol. The van der Waals surface area contributed by atoms with E-state index in [-0.39, 0.29) is 5.91 Å². The minimum absolute atomic E-state index is 0.0660. The number of hydrogen-bond donors (Lipinski definition) is 1. The molecule has 3 rings (SSSR count). The zero-order chi connectivity index (χ0) is 18.4. The van der Waals surface area contributed by atoms with Crippen molar-refractivity contribution in [1.29, 1.82) is 0 Å². The van der Waals surface area contributed by atoms with Crippen molar-refractivity contribution in [2.45, 2.75) is 32.1 Å². The second kappa shape index (κ2) is 8.37. The third kappa shape index (κ3) is 4.07. The van der Waals surface area contributed by atoms with E-state index in [1.54, 1.807) is 0 Å². The Bertz CT molecular complexity index is 736. The Kier molecular flexibility index (Phi) is 5.94. The van der Waals surface area contributed by atoms with E-state index in [1.807, 2.05) is 49.4 Å². The standard InChI is InChI=1S/C22H27NO3/c1-17-8-9-20(18(2)16-17)26-15-12-23-21(24)22(10-13-25-14-11-22)19-6-4-3-5-7-19/h3-9,16H,10-15H2,1-2H3,(H,23,24). The Morgan fingerprint density at radius 3 is 2.54 bits per heavy atom. The summed E-state index contributed by atoms with van der Waals surface area (Å²) in [5, 5.41) is 3.07. The third-order valence-electron chi connectivity index (χ3n) is 5.08. The molecule has 1 heterocycles. The number of amides is 1. The molecule has 4 nitrogen and oxygen atoms in total. The van der Waals surface area contributed by atoms with Gasteiger partial charge in [-0.3, -0.25) is 4.79 Å². The number of ether oxygens (including phenoxy) is 2. The van der Waals surface area contributed by atoms with Gasteiger partial charge >= 0.3 is 0 Å². The van der Waals surface area contributed by atoms with Gasteiger partial charge in [0.1, 0.15) is 12.4 Å². The van der Waals surface area contributed by atoms with Crippen molar-refractivity contribution < 1.29 is 14.3 Å². The molecule has 1 aliphatic heterocycles. The maximum Gasteiger partial charge on any atom is 0.230 e. The van der Waals surface area contributed by atoms with Crippen LogP contribution in [-0.4, -0.2) is 32.3 Å². The molecular formula is C22H27NO3. The molecule has 1 fully saturated rings. The SMILES string of the molecule is Cc1ccc(OCCNC(=O)C2(c3ccccc3)CCOCC2)c(C)c1. The van der Waals surface area contributed by atoms with Crippen LogP contribution >= 0.6 is 0 Å². The molecule has 1 N–H and O–H groups in total. The Balaban J connectivity index is 1.60. The lowest BCUT2D eigenvalue weighted by Gasteiger charge is -2.36. The van der Waals surface area contributed by atoms with Gasteiger partial charge in [-0.1, -0.05) is 48.0 Å². The number of benzene rings is 2. The molecule has 0 spiro atoms.